The highest BCUT2D eigenvalue weighted by Gasteiger charge is 2.27. The van der Waals surface area contributed by atoms with Crippen molar-refractivity contribution in [3.8, 4) is 0 Å². The Morgan fingerprint density at radius 1 is 1.56 bits per heavy atom. The average molecular weight is 230 g/mol. The third kappa shape index (κ3) is 4.06. The Bertz CT molecular complexity index is 264. The van der Waals surface area contributed by atoms with Crippen molar-refractivity contribution in [2.24, 2.45) is 16.3 Å². The molecule has 0 radical (unpaired) electrons. The molecule has 1 amide bonds. The lowest BCUT2D eigenvalue weighted by Crippen LogP contribution is -2.48. The Labute approximate surface area is 96.3 Å². The van der Waals surface area contributed by atoms with Crippen LogP contribution in [0.2, 0.25) is 0 Å². The molecule has 0 aromatic rings. The molecule has 0 fully saturated rings. The first-order valence-corrected chi connectivity index (χ1v) is 5.32. The number of nitrogens with two attached hydrogens (primary N) is 1. The molecule has 16 heavy (non-hydrogen) atoms. The summed E-state index contributed by atoms with van der Waals surface area (Å²) in [6.45, 7) is 6.04. The van der Waals surface area contributed by atoms with E-state index in [9.17, 15) is 4.79 Å². The van der Waals surface area contributed by atoms with Gasteiger partial charge >= 0.3 is 0 Å². The van der Waals surface area contributed by atoms with Gasteiger partial charge in [-0.15, -0.1) is 0 Å². The third-order valence-corrected chi connectivity index (χ3v) is 2.51. The second-order valence-electron chi connectivity index (χ2n) is 4.33. The predicted molar refractivity (Wildman–Crippen MR) is 63.3 cm³/mol. The number of nitrogens with zero attached hydrogens (tertiary/aromatic N) is 1. The van der Waals surface area contributed by atoms with E-state index in [2.05, 4.69) is 15.8 Å². The largest absolute Gasteiger partial charge is 0.409 e. The second kappa shape index (κ2) is 6.32. The van der Waals surface area contributed by atoms with Crippen LogP contribution in [0.5, 0.6) is 0 Å². The van der Waals surface area contributed by atoms with E-state index in [0.717, 1.165) is 0 Å². The molecule has 0 aromatic heterocycles. The van der Waals surface area contributed by atoms with Crippen LogP contribution in [0.1, 0.15) is 27.2 Å². The summed E-state index contributed by atoms with van der Waals surface area (Å²) in [5.74, 6) is 0.0876. The summed E-state index contributed by atoms with van der Waals surface area (Å²) in [5, 5.41) is 17.2. The zero-order valence-corrected chi connectivity index (χ0v) is 10.4. The maximum Gasteiger partial charge on any atom is 0.226 e. The van der Waals surface area contributed by atoms with Gasteiger partial charge in [0.1, 0.15) is 0 Å². The van der Waals surface area contributed by atoms with E-state index in [4.69, 9.17) is 10.9 Å². The number of carbonyl (C=O) groups is 1. The van der Waals surface area contributed by atoms with Crippen LogP contribution in [0.25, 0.3) is 0 Å². The first-order chi connectivity index (χ1) is 7.38. The monoisotopic (exact) mass is 230 g/mol. The Morgan fingerprint density at radius 2 is 2.12 bits per heavy atom. The normalized spacial score (nSPS) is 14.6. The highest BCUT2D eigenvalue weighted by atomic mass is 16.4. The van der Waals surface area contributed by atoms with Crippen molar-refractivity contribution < 1.29 is 10.0 Å². The molecular weight excluding hydrogens is 208 g/mol. The molecule has 1 unspecified atom stereocenters. The number of amides is 1. The van der Waals surface area contributed by atoms with Crippen molar-refractivity contribution in [3.05, 3.63) is 0 Å². The molecular formula is C10H22N4O2. The highest BCUT2D eigenvalue weighted by Crippen LogP contribution is 2.13. The maximum atomic E-state index is 11.5. The third-order valence-electron chi connectivity index (χ3n) is 2.51. The van der Waals surface area contributed by atoms with E-state index in [0.29, 0.717) is 13.0 Å². The molecule has 0 aliphatic carbocycles. The average Bonchev–Trinajstić information content (AvgIpc) is 2.27. The smallest absolute Gasteiger partial charge is 0.226 e. The number of hydrogen-bond donors (Lipinski definition) is 4. The van der Waals surface area contributed by atoms with Crippen molar-refractivity contribution in [3.63, 3.8) is 0 Å². The lowest BCUT2D eigenvalue weighted by molar-refractivity contribution is -0.128. The topological polar surface area (TPSA) is 99.7 Å². The molecule has 0 heterocycles. The Morgan fingerprint density at radius 3 is 2.50 bits per heavy atom. The lowest BCUT2D eigenvalue weighted by Gasteiger charge is -2.25. The molecule has 0 saturated heterocycles. The molecule has 1 atom stereocenters. The fraction of sp³-hybridized carbons (Fsp3) is 0.800. The van der Waals surface area contributed by atoms with E-state index >= 15 is 0 Å². The van der Waals surface area contributed by atoms with E-state index in [-0.39, 0.29) is 17.8 Å². The van der Waals surface area contributed by atoms with Crippen LogP contribution in [0.15, 0.2) is 5.16 Å². The second-order valence-corrected chi connectivity index (χ2v) is 4.33. The van der Waals surface area contributed by atoms with Crippen LogP contribution in [-0.2, 0) is 4.79 Å². The van der Waals surface area contributed by atoms with E-state index in [1.54, 1.807) is 7.05 Å². The first kappa shape index (κ1) is 14.7. The summed E-state index contributed by atoms with van der Waals surface area (Å²) in [5.41, 5.74) is 4.97. The van der Waals surface area contributed by atoms with E-state index in [1.165, 1.54) is 0 Å². The van der Waals surface area contributed by atoms with Gasteiger partial charge in [-0.2, -0.15) is 0 Å². The number of amidine groups is 1. The fourth-order valence-corrected chi connectivity index (χ4v) is 1.32. The minimum atomic E-state index is -0.530. The molecule has 5 N–H and O–H groups in total. The molecule has 0 aromatic carbocycles. The van der Waals surface area contributed by atoms with Gasteiger partial charge in [0, 0.05) is 13.6 Å². The lowest BCUT2D eigenvalue weighted by atomic mass is 9.92. The SMILES string of the molecule is CCC(NCC(C)(C)C(=O)NC)C(N)=NO. The quantitative estimate of drug-likeness (QED) is 0.221. The molecule has 0 saturated carbocycles. The van der Waals surface area contributed by atoms with Crippen molar-refractivity contribution >= 4 is 11.7 Å². The fourth-order valence-electron chi connectivity index (χ4n) is 1.32. The van der Waals surface area contributed by atoms with Crippen molar-refractivity contribution in [2.75, 3.05) is 13.6 Å². The van der Waals surface area contributed by atoms with Gasteiger partial charge in [0.15, 0.2) is 5.84 Å². The number of hydrogen-bond acceptors (Lipinski definition) is 4. The number of rotatable bonds is 6. The number of carbonyl (C=O) groups excluding carboxylic acids is 1. The van der Waals surface area contributed by atoms with Crippen molar-refractivity contribution in [2.45, 2.75) is 33.2 Å². The summed E-state index contributed by atoms with van der Waals surface area (Å²) < 4.78 is 0. The van der Waals surface area contributed by atoms with Gasteiger partial charge in [-0.3, -0.25) is 4.79 Å². The zero-order valence-electron chi connectivity index (χ0n) is 10.4. The van der Waals surface area contributed by atoms with Gasteiger partial charge < -0.3 is 21.6 Å². The van der Waals surface area contributed by atoms with Crippen LogP contribution in [0.3, 0.4) is 0 Å². The molecule has 0 aliphatic rings. The van der Waals surface area contributed by atoms with E-state index in [1.807, 2.05) is 20.8 Å². The van der Waals surface area contributed by atoms with Gasteiger partial charge in [0.2, 0.25) is 5.91 Å². The number of nitrogens with one attached hydrogen (secondary N) is 2. The van der Waals surface area contributed by atoms with E-state index < -0.39 is 5.41 Å². The molecule has 94 valence electrons. The van der Waals surface area contributed by atoms with Gasteiger partial charge in [0.25, 0.3) is 0 Å². The van der Waals surface area contributed by atoms with Gasteiger partial charge in [0.05, 0.1) is 11.5 Å². The molecule has 0 aliphatic heterocycles. The standard InChI is InChI=1S/C10H22N4O2/c1-5-7(8(11)14-16)13-6-10(2,3)9(15)12-4/h7,13,16H,5-6H2,1-4H3,(H2,11,14)(H,12,15). The minimum absolute atomic E-state index is 0.0469. The van der Waals surface area contributed by atoms with Crippen molar-refractivity contribution in [1.82, 2.24) is 10.6 Å². The highest BCUT2D eigenvalue weighted by molar-refractivity contribution is 5.85. The van der Waals surface area contributed by atoms with Crippen molar-refractivity contribution in [1.29, 1.82) is 0 Å². The van der Waals surface area contributed by atoms with Crippen LogP contribution < -0.4 is 16.4 Å². The number of oxime groups is 1. The summed E-state index contributed by atoms with van der Waals surface area (Å²) in [4.78, 5) is 11.5. The summed E-state index contributed by atoms with van der Waals surface area (Å²) in [6, 6.07) is -0.214. The molecule has 0 rings (SSSR count). The van der Waals surface area contributed by atoms with Crippen LogP contribution in [-0.4, -0.2) is 36.6 Å². The first-order valence-electron chi connectivity index (χ1n) is 5.32. The Kier molecular flexibility index (Phi) is 5.81. The Hall–Kier alpha value is -1.30. The maximum absolute atomic E-state index is 11.5. The van der Waals surface area contributed by atoms with Gasteiger partial charge in [-0.25, -0.2) is 0 Å². The van der Waals surface area contributed by atoms with Gasteiger partial charge in [-0.1, -0.05) is 12.1 Å². The van der Waals surface area contributed by atoms with Gasteiger partial charge in [-0.05, 0) is 20.3 Å². The summed E-state index contributed by atoms with van der Waals surface area (Å²) in [7, 11) is 1.60. The summed E-state index contributed by atoms with van der Waals surface area (Å²) in [6.07, 6.45) is 0.694. The molecule has 0 spiro atoms. The molecule has 6 heteroatoms. The van der Waals surface area contributed by atoms with Crippen LogP contribution in [0.4, 0.5) is 0 Å². The predicted octanol–water partition coefficient (Wildman–Crippen LogP) is -0.127. The minimum Gasteiger partial charge on any atom is -0.409 e. The summed E-state index contributed by atoms with van der Waals surface area (Å²) >= 11 is 0. The van der Waals surface area contributed by atoms with Crippen LogP contribution in [0, 0.1) is 5.41 Å². The van der Waals surface area contributed by atoms with Crippen LogP contribution >= 0.6 is 0 Å². The molecule has 0 bridgehead atoms. The molecule has 6 nitrogen and oxygen atoms in total. The zero-order chi connectivity index (χ0) is 12.8. The Balaban J connectivity index is 4.37.